The highest BCUT2D eigenvalue weighted by molar-refractivity contribution is 4.58. The van der Waals surface area contributed by atoms with E-state index in [0.29, 0.717) is 0 Å². The van der Waals surface area contributed by atoms with Crippen LogP contribution in [0.3, 0.4) is 0 Å². The van der Waals surface area contributed by atoms with Crippen LogP contribution in [0.5, 0.6) is 0 Å². The Bertz CT molecular complexity index is 74.0. The molecule has 11 heavy (non-hydrogen) atoms. The van der Waals surface area contributed by atoms with Crippen molar-refractivity contribution in [3.05, 3.63) is 0 Å². The molecule has 68 valence electrons. The van der Waals surface area contributed by atoms with Crippen LogP contribution in [-0.2, 0) is 0 Å². The van der Waals surface area contributed by atoms with Crippen LogP contribution in [0, 0.1) is 5.92 Å². The molecule has 1 unspecified atom stereocenters. The van der Waals surface area contributed by atoms with E-state index in [0.717, 1.165) is 19.0 Å². The second-order valence-electron chi connectivity index (χ2n) is 3.10. The molecule has 0 bridgehead atoms. The third-order valence-corrected chi connectivity index (χ3v) is 2.19. The molecular weight excluding hydrogens is 136 g/mol. The molecule has 2 nitrogen and oxygen atoms in total. The van der Waals surface area contributed by atoms with Gasteiger partial charge in [-0.2, -0.15) is 0 Å². The van der Waals surface area contributed by atoms with Crippen molar-refractivity contribution < 1.29 is 0 Å². The van der Waals surface area contributed by atoms with E-state index in [1.807, 2.05) is 7.05 Å². The third kappa shape index (κ3) is 6.32. The van der Waals surface area contributed by atoms with E-state index in [2.05, 4.69) is 12.2 Å². The van der Waals surface area contributed by atoms with Crippen molar-refractivity contribution >= 4 is 0 Å². The molecule has 3 N–H and O–H groups in total. The molecule has 1 atom stereocenters. The minimum atomic E-state index is 0.845. The van der Waals surface area contributed by atoms with Gasteiger partial charge in [-0.15, -0.1) is 0 Å². The summed E-state index contributed by atoms with van der Waals surface area (Å²) in [5.74, 6) is 0.855. The Labute approximate surface area is 70.5 Å². The summed E-state index contributed by atoms with van der Waals surface area (Å²) < 4.78 is 0. The van der Waals surface area contributed by atoms with Gasteiger partial charge in [0.15, 0.2) is 0 Å². The molecule has 0 fully saturated rings. The Morgan fingerprint density at radius 3 is 2.55 bits per heavy atom. The highest BCUT2D eigenvalue weighted by Gasteiger charge is 2.03. The molecule has 0 saturated heterocycles. The van der Waals surface area contributed by atoms with Gasteiger partial charge in [0.05, 0.1) is 0 Å². The minimum absolute atomic E-state index is 0.845. The highest BCUT2D eigenvalue weighted by atomic mass is 14.8. The monoisotopic (exact) mass is 158 g/mol. The molecule has 0 rings (SSSR count). The van der Waals surface area contributed by atoms with Crippen molar-refractivity contribution in [2.75, 3.05) is 20.1 Å². The molecule has 0 saturated carbocycles. The first kappa shape index (κ1) is 10.9. The van der Waals surface area contributed by atoms with E-state index in [-0.39, 0.29) is 0 Å². The highest BCUT2D eigenvalue weighted by Crippen LogP contribution is 2.13. The van der Waals surface area contributed by atoms with Crippen LogP contribution in [-0.4, -0.2) is 20.1 Å². The smallest absolute Gasteiger partial charge is 0.00518 e. The van der Waals surface area contributed by atoms with Crippen LogP contribution in [0.25, 0.3) is 0 Å². The van der Waals surface area contributed by atoms with Gasteiger partial charge < -0.3 is 11.1 Å². The normalized spacial score (nSPS) is 13.4. The van der Waals surface area contributed by atoms with Gasteiger partial charge >= 0.3 is 0 Å². The lowest BCUT2D eigenvalue weighted by atomic mass is 9.97. The fourth-order valence-corrected chi connectivity index (χ4v) is 1.36. The maximum atomic E-state index is 5.49. The van der Waals surface area contributed by atoms with Crippen LogP contribution in [0.1, 0.15) is 32.6 Å². The zero-order valence-corrected chi connectivity index (χ0v) is 7.90. The summed E-state index contributed by atoms with van der Waals surface area (Å²) in [5.41, 5.74) is 5.49. The van der Waals surface area contributed by atoms with Gasteiger partial charge in [-0.3, -0.25) is 0 Å². The average Bonchev–Trinajstić information content (AvgIpc) is 2.03. The van der Waals surface area contributed by atoms with Gasteiger partial charge in [0.1, 0.15) is 0 Å². The Kier molecular flexibility index (Phi) is 7.96. The Balaban J connectivity index is 3.20. The maximum Gasteiger partial charge on any atom is -0.00518 e. The summed E-state index contributed by atoms with van der Waals surface area (Å²) in [6, 6.07) is 0. The first-order chi connectivity index (χ1) is 5.35. The Hall–Kier alpha value is -0.0800. The second-order valence-corrected chi connectivity index (χ2v) is 3.10. The molecule has 0 aromatic heterocycles. The van der Waals surface area contributed by atoms with Crippen molar-refractivity contribution in [3.63, 3.8) is 0 Å². The van der Waals surface area contributed by atoms with E-state index in [9.17, 15) is 0 Å². The average molecular weight is 158 g/mol. The molecule has 0 aromatic carbocycles. The van der Waals surface area contributed by atoms with Crippen LogP contribution in [0.2, 0.25) is 0 Å². The van der Waals surface area contributed by atoms with Gasteiger partial charge in [-0.1, -0.05) is 13.3 Å². The number of hydrogen-bond acceptors (Lipinski definition) is 2. The standard InChI is InChI=1S/C9H22N2/c1-3-9(6-7-10)5-4-8-11-2/h9,11H,3-8,10H2,1-2H3. The quantitative estimate of drug-likeness (QED) is 0.549. The molecular formula is C9H22N2. The SMILES string of the molecule is CCC(CCN)CCCNC. The molecule has 0 aliphatic rings. The first-order valence-electron chi connectivity index (χ1n) is 4.69. The van der Waals surface area contributed by atoms with Crippen LogP contribution < -0.4 is 11.1 Å². The predicted octanol–water partition coefficient (Wildman–Crippen LogP) is 1.36. The molecule has 0 heterocycles. The molecule has 0 aromatic rings. The fourth-order valence-electron chi connectivity index (χ4n) is 1.36. The van der Waals surface area contributed by atoms with Crippen molar-refractivity contribution in [3.8, 4) is 0 Å². The summed E-state index contributed by atoms with van der Waals surface area (Å²) in [6.07, 6.45) is 5.09. The predicted molar refractivity (Wildman–Crippen MR) is 50.6 cm³/mol. The summed E-state index contributed by atoms with van der Waals surface area (Å²) >= 11 is 0. The van der Waals surface area contributed by atoms with Gasteiger partial charge in [-0.05, 0) is 45.3 Å². The molecule has 0 aliphatic carbocycles. The zero-order valence-electron chi connectivity index (χ0n) is 7.90. The molecule has 0 spiro atoms. The van der Waals surface area contributed by atoms with E-state index in [4.69, 9.17) is 5.73 Å². The third-order valence-electron chi connectivity index (χ3n) is 2.19. The molecule has 2 heteroatoms. The molecule has 0 radical (unpaired) electrons. The van der Waals surface area contributed by atoms with Gasteiger partial charge in [0, 0.05) is 0 Å². The van der Waals surface area contributed by atoms with E-state index in [1.165, 1.54) is 25.7 Å². The van der Waals surface area contributed by atoms with E-state index < -0.39 is 0 Å². The van der Waals surface area contributed by atoms with Crippen molar-refractivity contribution in [1.29, 1.82) is 0 Å². The van der Waals surface area contributed by atoms with Crippen molar-refractivity contribution in [2.45, 2.75) is 32.6 Å². The lowest BCUT2D eigenvalue weighted by Gasteiger charge is -2.12. The van der Waals surface area contributed by atoms with Crippen molar-refractivity contribution in [1.82, 2.24) is 5.32 Å². The Morgan fingerprint density at radius 1 is 1.36 bits per heavy atom. The number of hydrogen-bond donors (Lipinski definition) is 2. The van der Waals surface area contributed by atoms with Gasteiger partial charge in [0.25, 0.3) is 0 Å². The summed E-state index contributed by atoms with van der Waals surface area (Å²) in [5, 5.41) is 3.16. The zero-order chi connectivity index (χ0) is 8.53. The lowest BCUT2D eigenvalue weighted by Crippen LogP contribution is -2.12. The number of nitrogens with two attached hydrogens (primary N) is 1. The number of rotatable bonds is 7. The van der Waals surface area contributed by atoms with E-state index >= 15 is 0 Å². The van der Waals surface area contributed by atoms with Crippen LogP contribution in [0.4, 0.5) is 0 Å². The van der Waals surface area contributed by atoms with Crippen molar-refractivity contribution in [2.24, 2.45) is 11.7 Å². The Morgan fingerprint density at radius 2 is 2.09 bits per heavy atom. The first-order valence-corrected chi connectivity index (χ1v) is 4.69. The fraction of sp³-hybridized carbons (Fsp3) is 1.00. The second kappa shape index (κ2) is 8.02. The minimum Gasteiger partial charge on any atom is -0.330 e. The van der Waals surface area contributed by atoms with Crippen LogP contribution >= 0.6 is 0 Å². The largest absolute Gasteiger partial charge is 0.330 e. The summed E-state index contributed by atoms with van der Waals surface area (Å²) in [7, 11) is 2.00. The molecule has 0 amide bonds. The topological polar surface area (TPSA) is 38.0 Å². The number of nitrogens with one attached hydrogen (secondary N) is 1. The maximum absolute atomic E-state index is 5.49. The van der Waals surface area contributed by atoms with Crippen LogP contribution in [0.15, 0.2) is 0 Å². The lowest BCUT2D eigenvalue weighted by molar-refractivity contribution is 0.426. The molecule has 0 aliphatic heterocycles. The summed E-state index contributed by atoms with van der Waals surface area (Å²) in [6.45, 7) is 4.23. The van der Waals surface area contributed by atoms with Gasteiger partial charge in [-0.25, -0.2) is 0 Å². The van der Waals surface area contributed by atoms with Gasteiger partial charge in [0.2, 0.25) is 0 Å². The van der Waals surface area contributed by atoms with E-state index in [1.54, 1.807) is 0 Å². The summed E-state index contributed by atoms with van der Waals surface area (Å²) in [4.78, 5) is 0.